The predicted octanol–water partition coefficient (Wildman–Crippen LogP) is 2.56. The monoisotopic (exact) mass is 235 g/mol. The molecular weight excluding hydrogens is 214 g/mol. The zero-order chi connectivity index (χ0) is 12.3. The van der Waals surface area contributed by atoms with Gasteiger partial charge in [-0.05, 0) is 30.5 Å². The molecule has 1 N–H and O–H groups in total. The summed E-state index contributed by atoms with van der Waals surface area (Å²) in [5.74, 6) is 0.333. The van der Waals surface area contributed by atoms with E-state index in [1.807, 2.05) is 12.1 Å². The summed E-state index contributed by atoms with van der Waals surface area (Å²) in [6, 6.07) is 8.01. The van der Waals surface area contributed by atoms with Crippen LogP contribution in [0.4, 0.5) is 0 Å². The van der Waals surface area contributed by atoms with Crippen LogP contribution in [0.5, 0.6) is 5.75 Å². The zero-order valence-corrected chi connectivity index (χ0v) is 10.6. The van der Waals surface area contributed by atoms with Crippen LogP contribution >= 0.6 is 0 Å². The molecule has 1 aromatic rings. The Labute approximate surface area is 103 Å². The highest BCUT2D eigenvalue weighted by Gasteiger charge is 2.27. The molecule has 0 saturated carbocycles. The first-order chi connectivity index (χ1) is 8.24. The van der Waals surface area contributed by atoms with E-state index in [2.05, 4.69) is 11.8 Å². The highest BCUT2D eigenvalue weighted by molar-refractivity contribution is 5.28. The fourth-order valence-electron chi connectivity index (χ4n) is 2.63. The summed E-state index contributed by atoms with van der Waals surface area (Å²) >= 11 is 0. The van der Waals surface area contributed by atoms with Crippen LogP contribution in [0.3, 0.4) is 0 Å². The van der Waals surface area contributed by atoms with Gasteiger partial charge in [-0.15, -0.1) is 0 Å². The Bertz CT molecular complexity index is 350. The van der Waals surface area contributed by atoms with E-state index in [9.17, 15) is 5.11 Å². The maximum Gasteiger partial charge on any atom is 0.115 e. The SMILES string of the molecule is CCC(c1ccc(O)cc1)N1CCC(OC)C1. The molecule has 17 heavy (non-hydrogen) atoms. The number of hydrogen-bond acceptors (Lipinski definition) is 3. The number of aromatic hydroxyl groups is 1. The number of hydrogen-bond donors (Lipinski definition) is 1. The molecule has 0 spiro atoms. The zero-order valence-electron chi connectivity index (χ0n) is 10.6. The van der Waals surface area contributed by atoms with Crippen molar-refractivity contribution < 1.29 is 9.84 Å². The van der Waals surface area contributed by atoms with E-state index >= 15 is 0 Å². The molecule has 2 unspecified atom stereocenters. The summed E-state index contributed by atoms with van der Waals surface area (Å²) in [6.45, 7) is 4.31. The largest absolute Gasteiger partial charge is 0.508 e. The molecular formula is C14H21NO2. The molecule has 0 aromatic heterocycles. The molecule has 2 atom stereocenters. The molecule has 1 fully saturated rings. The second-order valence-corrected chi connectivity index (χ2v) is 4.66. The maximum absolute atomic E-state index is 9.32. The van der Waals surface area contributed by atoms with E-state index in [1.54, 1.807) is 19.2 Å². The number of ether oxygens (including phenoxy) is 1. The second kappa shape index (κ2) is 5.52. The molecule has 0 aliphatic carbocycles. The summed E-state index contributed by atoms with van der Waals surface area (Å²) in [7, 11) is 1.79. The van der Waals surface area contributed by atoms with E-state index in [0.29, 0.717) is 17.9 Å². The second-order valence-electron chi connectivity index (χ2n) is 4.66. The average molecular weight is 235 g/mol. The smallest absolute Gasteiger partial charge is 0.115 e. The van der Waals surface area contributed by atoms with Gasteiger partial charge in [0.2, 0.25) is 0 Å². The third kappa shape index (κ3) is 2.79. The summed E-state index contributed by atoms with van der Waals surface area (Å²) in [5.41, 5.74) is 1.28. The first kappa shape index (κ1) is 12.4. The average Bonchev–Trinajstić information content (AvgIpc) is 2.81. The van der Waals surface area contributed by atoms with Gasteiger partial charge in [-0.2, -0.15) is 0 Å². The highest BCUT2D eigenvalue weighted by Crippen LogP contribution is 2.29. The van der Waals surface area contributed by atoms with Gasteiger partial charge < -0.3 is 9.84 Å². The van der Waals surface area contributed by atoms with Crippen molar-refractivity contribution in [1.29, 1.82) is 0 Å². The summed E-state index contributed by atoms with van der Waals surface area (Å²) in [6.07, 6.45) is 2.58. The maximum atomic E-state index is 9.32. The van der Waals surface area contributed by atoms with Crippen LogP contribution in [0.25, 0.3) is 0 Å². The number of nitrogens with zero attached hydrogens (tertiary/aromatic N) is 1. The number of phenols is 1. The van der Waals surface area contributed by atoms with Crippen LogP contribution in [-0.2, 0) is 4.74 Å². The molecule has 0 bridgehead atoms. The molecule has 1 aliphatic heterocycles. The normalized spacial score (nSPS) is 22.8. The summed E-state index contributed by atoms with van der Waals surface area (Å²) in [4.78, 5) is 2.47. The van der Waals surface area contributed by atoms with Gasteiger partial charge in [0.25, 0.3) is 0 Å². The molecule has 2 rings (SSSR count). The predicted molar refractivity (Wildman–Crippen MR) is 68.1 cm³/mol. The third-order valence-corrected chi connectivity index (χ3v) is 3.62. The minimum atomic E-state index is 0.333. The van der Waals surface area contributed by atoms with Gasteiger partial charge in [-0.25, -0.2) is 0 Å². The lowest BCUT2D eigenvalue weighted by molar-refractivity contribution is 0.100. The van der Waals surface area contributed by atoms with Crippen molar-refractivity contribution in [3.8, 4) is 5.75 Å². The van der Waals surface area contributed by atoms with Crippen molar-refractivity contribution >= 4 is 0 Å². The Kier molecular flexibility index (Phi) is 4.02. The number of likely N-dealkylation sites (tertiary alicyclic amines) is 1. The number of phenolic OH excluding ortho intramolecular Hbond substituents is 1. The van der Waals surface area contributed by atoms with Gasteiger partial charge in [0, 0.05) is 26.2 Å². The molecule has 1 aromatic carbocycles. The topological polar surface area (TPSA) is 32.7 Å². The lowest BCUT2D eigenvalue weighted by Crippen LogP contribution is -2.27. The van der Waals surface area contributed by atoms with E-state index in [0.717, 1.165) is 25.9 Å². The van der Waals surface area contributed by atoms with E-state index in [1.165, 1.54) is 5.56 Å². The number of rotatable bonds is 4. The van der Waals surface area contributed by atoms with Crippen molar-refractivity contribution in [2.24, 2.45) is 0 Å². The molecule has 0 amide bonds. The van der Waals surface area contributed by atoms with Crippen molar-refractivity contribution in [2.45, 2.75) is 31.9 Å². The van der Waals surface area contributed by atoms with Gasteiger partial charge in [0.05, 0.1) is 6.10 Å². The molecule has 3 heteroatoms. The molecule has 1 aliphatic rings. The number of benzene rings is 1. The lowest BCUT2D eigenvalue weighted by Gasteiger charge is -2.27. The highest BCUT2D eigenvalue weighted by atomic mass is 16.5. The minimum Gasteiger partial charge on any atom is -0.508 e. The fourth-order valence-corrected chi connectivity index (χ4v) is 2.63. The summed E-state index contributed by atoms with van der Waals surface area (Å²) in [5, 5.41) is 9.32. The molecule has 0 radical (unpaired) electrons. The van der Waals surface area contributed by atoms with Gasteiger partial charge in [-0.3, -0.25) is 4.90 Å². The van der Waals surface area contributed by atoms with Gasteiger partial charge in [-0.1, -0.05) is 19.1 Å². The first-order valence-corrected chi connectivity index (χ1v) is 6.30. The first-order valence-electron chi connectivity index (χ1n) is 6.30. The van der Waals surface area contributed by atoms with Crippen LogP contribution in [0.2, 0.25) is 0 Å². The number of methoxy groups -OCH3 is 1. The van der Waals surface area contributed by atoms with E-state index in [4.69, 9.17) is 4.74 Å². The van der Waals surface area contributed by atoms with E-state index < -0.39 is 0 Å². The Morgan fingerprint density at radius 2 is 2.12 bits per heavy atom. The minimum absolute atomic E-state index is 0.333. The Morgan fingerprint density at radius 1 is 1.41 bits per heavy atom. The van der Waals surface area contributed by atoms with Crippen LogP contribution in [0.1, 0.15) is 31.4 Å². The standard InChI is InChI=1S/C14H21NO2/c1-3-14(11-4-6-12(16)7-5-11)15-9-8-13(10-15)17-2/h4-7,13-14,16H,3,8-10H2,1-2H3. The van der Waals surface area contributed by atoms with Crippen LogP contribution < -0.4 is 0 Å². The van der Waals surface area contributed by atoms with Crippen molar-refractivity contribution in [1.82, 2.24) is 4.90 Å². The van der Waals surface area contributed by atoms with Gasteiger partial charge in [0.15, 0.2) is 0 Å². The molecule has 1 heterocycles. The Hall–Kier alpha value is -1.06. The van der Waals surface area contributed by atoms with Crippen LogP contribution in [0, 0.1) is 0 Å². The molecule has 94 valence electrons. The van der Waals surface area contributed by atoms with Crippen molar-refractivity contribution in [3.63, 3.8) is 0 Å². The van der Waals surface area contributed by atoms with Gasteiger partial charge >= 0.3 is 0 Å². The Balaban J connectivity index is 2.08. The quantitative estimate of drug-likeness (QED) is 0.870. The lowest BCUT2D eigenvalue weighted by atomic mass is 10.0. The summed E-state index contributed by atoms with van der Waals surface area (Å²) < 4.78 is 5.41. The van der Waals surface area contributed by atoms with Gasteiger partial charge in [0.1, 0.15) is 5.75 Å². The van der Waals surface area contributed by atoms with E-state index in [-0.39, 0.29) is 0 Å². The molecule has 1 saturated heterocycles. The third-order valence-electron chi connectivity index (χ3n) is 3.62. The Morgan fingerprint density at radius 3 is 2.65 bits per heavy atom. The van der Waals surface area contributed by atoms with Crippen LogP contribution in [0.15, 0.2) is 24.3 Å². The fraction of sp³-hybridized carbons (Fsp3) is 0.571. The van der Waals surface area contributed by atoms with Crippen molar-refractivity contribution in [3.05, 3.63) is 29.8 Å². The van der Waals surface area contributed by atoms with Crippen LogP contribution in [-0.4, -0.2) is 36.3 Å². The van der Waals surface area contributed by atoms with Crippen molar-refractivity contribution in [2.75, 3.05) is 20.2 Å². The molecule has 3 nitrogen and oxygen atoms in total.